The Hall–Kier alpha value is -1.47. The molecule has 5 N–H and O–H groups in total. The van der Waals surface area contributed by atoms with E-state index in [1.165, 1.54) is 20.1 Å². The minimum absolute atomic E-state index is 0.300. The van der Waals surface area contributed by atoms with Crippen LogP contribution in [0.3, 0.4) is 0 Å². The maximum atomic E-state index is 11.2. The van der Waals surface area contributed by atoms with Crippen LogP contribution in [0.2, 0.25) is 0 Å². The van der Waals surface area contributed by atoms with E-state index in [2.05, 4.69) is 10.6 Å². The van der Waals surface area contributed by atoms with E-state index < -0.39 is 30.0 Å². The summed E-state index contributed by atoms with van der Waals surface area (Å²) in [6.07, 6.45) is 0.437. The van der Waals surface area contributed by atoms with Crippen LogP contribution >= 0.6 is 0 Å². The molecule has 0 aromatic heterocycles. The molecule has 0 aromatic rings. The molecule has 0 spiro atoms. The number of nitrogens with two attached hydrogens (primary N) is 1. The maximum Gasteiger partial charge on any atom is 0.240 e. The molecule has 0 aromatic carbocycles. The number of aliphatic hydroxyl groups is 1. The molecule has 0 fully saturated rings. The van der Waals surface area contributed by atoms with Gasteiger partial charge in [0.1, 0.15) is 6.04 Å². The lowest BCUT2D eigenvalue weighted by molar-refractivity contribution is -0.127. The average Bonchev–Trinajstić information content (AvgIpc) is 2.21. The number of rotatable bonds is 6. The number of aliphatic hydroxyl groups excluding tert-OH is 1. The molecular weight excluding hydrogens is 214 g/mol. The molecule has 0 rings (SSSR count). The van der Waals surface area contributed by atoms with Crippen molar-refractivity contribution in [3.05, 3.63) is 0 Å². The van der Waals surface area contributed by atoms with Crippen LogP contribution in [0, 0.1) is 0 Å². The highest BCUT2D eigenvalue weighted by atomic mass is 16.3. The summed E-state index contributed by atoms with van der Waals surface area (Å²) in [4.78, 5) is 32.5. The van der Waals surface area contributed by atoms with E-state index in [9.17, 15) is 14.4 Å². The molecule has 0 aliphatic heterocycles. The van der Waals surface area contributed by atoms with Gasteiger partial charge in [-0.3, -0.25) is 14.4 Å². The molecule has 16 heavy (non-hydrogen) atoms. The van der Waals surface area contributed by atoms with Crippen molar-refractivity contribution in [3.63, 3.8) is 0 Å². The van der Waals surface area contributed by atoms with Crippen LogP contribution in [0.5, 0.6) is 0 Å². The second-order valence-corrected chi connectivity index (χ2v) is 3.41. The molecule has 0 saturated carbocycles. The highest BCUT2D eigenvalue weighted by Crippen LogP contribution is 1.87. The van der Waals surface area contributed by atoms with Gasteiger partial charge in [-0.15, -0.1) is 0 Å². The Morgan fingerprint density at radius 3 is 2.38 bits per heavy atom. The summed E-state index contributed by atoms with van der Waals surface area (Å²) >= 11 is 0. The molecule has 7 nitrogen and oxygen atoms in total. The molecule has 1 radical (unpaired) electrons. The topological polar surface area (TPSA) is 122 Å². The Bertz CT molecular complexity index is 265. The monoisotopic (exact) mass is 230 g/mol. The van der Waals surface area contributed by atoms with E-state index in [1.807, 2.05) is 0 Å². The van der Waals surface area contributed by atoms with Crippen LogP contribution in [-0.4, -0.2) is 47.9 Å². The lowest BCUT2D eigenvalue weighted by atomic mass is 10.2. The van der Waals surface area contributed by atoms with E-state index in [4.69, 9.17) is 10.8 Å². The molecule has 0 aliphatic rings. The minimum atomic E-state index is -1.10. The summed E-state index contributed by atoms with van der Waals surface area (Å²) in [6, 6.07) is -1.81. The van der Waals surface area contributed by atoms with Crippen molar-refractivity contribution in [1.29, 1.82) is 0 Å². The molecule has 3 unspecified atom stereocenters. The smallest absolute Gasteiger partial charge is 0.240 e. The van der Waals surface area contributed by atoms with Crippen LogP contribution in [0.25, 0.3) is 0 Å². The average molecular weight is 230 g/mol. The van der Waals surface area contributed by atoms with Gasteiger partial charge in [0, 0.05) is 0 Å². The second kappa shape index (κ2) is 6.91. The first-order chi connectivity index (χ1) is 7.38. The zero-order chi connectivity index (χ0) is 12.7. The zero-order valence-corrected chi connectivity index (χ0v) is 9.19. The van der Waals surface area contributed by atoms with Crippen molar-refractivity contribution in [1.82, 2.24) is 10.6 Å². The van der Waals surface area contributed by atoms with E-state index >= 15 is 0 Å². The summed E-state index contributed by atoms with van der Waals surface area (Å²) in [6.45, 7) is 2.52. The second-order valence-electron chi connectivity index (χ2n) is 3.41. The molecule has 7 heteroatoms. The van der Waals surface area contributed by atoms with E-state index in [1.54, 1.807) is 0 Å². The normalized spacial score (nSPS) is 15.8. The van der Waals surface area contributed by atoms with Crippen molar-refractivity contribution in [2.24, 2.45) is 5.73 Å². The molecule has 0 bridgehead atoms. The lowest BCUT2D eigenvalue weighted by Gasteiger charge is -2.15. The Kier molecular flexibility index (Phi) is 6.28. The van der Waals surface area contributed by atoms with Gasteiger partial charge in [0.05, 0.1) is 18.7 Å². The third-order valence-corrected chi connectivity index (χ3v) is 1.76. The Labute approximate surface area is 93.4 Å². The lowest BCUT2D eigenvalue weighted by Crippen LogP contribution is -2.49. The summed E-state index contributed by atoms with van der Waals surface area (Å²) in [5.74, 6) is -1.07. The predicted octanol–water partition coefficient (Wildman–Crippen LogP) is -2.57. The number of nitrogens with one attached hydrogen (secondary N) is 2. The van der Waals surface area contributed by atoms with Crippen LogP contribution in [0.4, 0.5) is 0 Å². The van der Waals surface area contributed by atoms with Gasteiger partial charge in [-0.05, 0) is 13.8 Å². The van der Waals surface area contributed by atoms with Gasteiger partial charge in [-0.1, -0.05) is 0 Å². The number of carbonyl (C=O) groups is 2. The number of amides is 2. The minimum Gasteiger partial charge on any atom is -0.391 e. The standard InChI is InChI=1S/C9H16N3O4/c1-5(10)9(16)11-3-8(15)12-7(4-13)6(2)14/h5-7,14H,3,10H2,1-2H3,(H,11,16)(H,12,15). The largest absolute Gasteiger partial charge is 0.391 e. The van der Waals surface area contributed by atoms with Gasteiger partial charge < -0.3 is 21.5 Å². The van der Waals surface area contributed by atoms with E-state index in [0.29, 0.717) is 0 Å². The summed E-state index contributed by atoms with van der Waals surface area (Å²) in [5, 5.41) is 13.5. The van der Waals surface area contributed by atoms with Crippen LogP contribution in [0.1, 0.15) is 13.8 Å². The zero-order valence-electron chi connectivity index (χ0n) is 9.19. The third-order valence-electron chi connectivity index (χ3n) is 1.76. The van der Waals surface area contributed by atoms with Crippen LogP contribution < -0.4 is 16.4 Å². The molecule has 91 valence electrons. The van der Waals surface area contributed by atoms with Gasteiger partial charge in [0.2, 0.25) is 18.1 Å². The Morgan fingerprint density at radius 2 is 2.00 bits per heavy atom. The number of hydrogen-bond acceptors (Lipinski definition) is 5. The van der Waals surface area contributed by atoms with Gasteiger partial charge in [-0.2, -0.15) is 0 Å². The Morgan fingerprint density at radius 1 is 1.44 bits per heavy atom. The number of hydrogen-bond donors (Lipinski definition) is 4. The predicted molar refractivity (Wildman–Crippen MR) is 56.0 cm³/mol. The van der Waals surface area contributed by atoms with Crippen molar-refractivity contribution in [2.75, 3.05) is 6.54 Å². The maximum absolute atomic E-state index is 11.2. The number of carbonyl (C=O) groups excluding carboxylic acids is 3. The molecule has 3 atom stereocenters. The summed E-state index contributed by atoms with van der Waals surface area (Å²) < 4.78 is 0. The van der Waals surface area contributed by atoms with Gasteiger partial charge in [0.25, 0.3) is 0 Å². The summed E-state index contributed by atoms with van der Waals surface area (Å²) in [5.41, 5.74) is 5.25. The molecule has 0 aliphatic carbocycles. The first-order valence-corrected chi connectivity index (χ1v) is 4.77. The molecule has 0 heterocycles. The highest BCUT2D eigenvalue weighted by Gasteiger charge is 2.18. The van der Waals surface area contributed by atoms with E-state index in [0.717, 1.165) is 0 Å². The molecule has 2 amide bonds. The van der Waals surface area contributed by atoms with Gasteiger partial charge in [-0.25, -0.2) is 0 Å². The third kappa shape index (κ3) is 5.42. The fourth-order valence-corrected chi connectivity index (χ4v) is 0.801. The first kappa shape index (κ1) is 14.5. The highest BCUT2D eigenvalue weighted by molar-refractivity contribution is 5.88. The molecular formula is C9H16N3O4. The fraction of sp³-hybridized carbons (Fsp3) is 0.667. The van der Waals surface area contributed by atoms with E-state index in [-0.39, 0.29) is 6.54 Å². The van der Waals surface area contributed by atoms with Crippen molar-refractivity contribution in [3.8, 4) is 0 Å². The summed E-state index contributed by atoms with van der Waals surface area (Å²) in [7, 11) is 0. The Balaban J connectivity index is 3.99. The van der Waals surface area contributed by atoms with Crippen LogP contribution in [-0.2, 0) is 14.4 Å². The van der Waals surface area contributed by atoms with Crippen molar-refractivity contribution < 1.29 is 19.5 Å². The van der Waals surface area contributed by atoms with Gasteiger partial charge >= 0.3 is 0 Å². The quantitative estimate of drug-likeness (QED) is 0.399. The van der Waals surface area contributed by atoms with Gasteiger partial charge in [0.15, 0.2) is 0 Å². The molecule has 0 saturated heterocycles. The van der Waals surface area contributed by atoms with Crippen LogP contribution in [0.15, 0.2) is 0 Å². The fourth-order valence-electron chi connectivity index (χ4n) is 0.801. The van der Waals surface area contributed by atoms with Crippen molar-refractivity contribution >= 4 is 18.1 Å². The first-order valence-electron chi connectivity index (χ1n) is 4.77. The van der Waals surface area contributed by atoms with Crippen molar-refractivity contribution in [2.45, 2.75) is 32.0 Å². The SMILES string of the molecule is CC(N)C(=O)NCC(=O)NC([C]=O)C(C)O.